The van der Waals surface area contributed by atoms with Crippen LogP contribution in [-0.4, -0.2) is 18.1 Å². The summed E-state index contributed by atoms with van der Waals surface area (Å²) < 4.78 is 11.7. The van der Waals surface area contributed by atoms with Gasteiger partial charge in [-0.25, -0.2) is 0 Å². The fraction of sp³-hybridized carbons (Fsp3) is 0.350. The van der Waals surface area contributed by atoms with Gasteiger partial charge in [-0.05, 0) is 51.0 Å². The molecular formula is C20H23NO3. The van der Waals surface area contributed by atoms with Crippen LogP contribution >= 0.6 is 0 Å². The molecule has 1 aliphatic heterocycles. The number of carbonyl (C=O) groups excluding carboxylic acids is 1. The number of ether oxygens (including phenoxy) is 2. The molecule has 1 aliphatic rings. The molecule has 0 fully saturated rings. The molecule has 1 heterocycles. The van der Waals surface area contributed by atoms with Crippen molar-refractivity contribution >= 4 is 5.91 Å². The van der Waals surface area contributed by atoms with E-state index in [1.807, 2.05) is 38.1 Å². The van der Waals surface area contributed by atoms with Gasteiger partial charge in [0.1, 0.15) is 6.10 Å². The van der Waals surface area contributed by atoms with Crippen molar-refractivity contribution in [2.24, 2.45) is 0 Å². The molecule has 126 valence electrons. The summed E-state index contributed by atoms with van der Waals surface area (Å²) in [5, 5.41) is 3.05. The Bertz CT molecular complexity index is 756. The highest BCUT2D eigenvalue weighted by molar-refractivity contribution is 5.82. The van der Waals surface area contributed by atoms with Crippen LogP contribution in [0.15, 0.2) is 42.5 Å². The van der Waals surface area contributed by atoms with E-state index >= 15 is 0 Å². The number of rotatable bonds is 3. The number of benzene rings is 2. The molecule has 3 atom stereocenters. The number of carbonyl (C=O) groups is 1. The number of fused-ring (bicyclic) bond motifs is 1. The Kier molecular flexibility index (Phi) is 4.47. The number of aryl methyl sites for hydroxylation is 2. The van der Waals surface area contributed by atoms with Gasteiger partial charge in [-0.2, -0.15) is 0 Å². The Balaban J connectivity index is 1.74. The van der Waals surface area contributed by atoms with E-state index in [0.717, 1.165) is 11.1 Å². The lowest BCUT2D eigenvalue weighted by Gasteiger charge is -2.32. The zero-order valence-electron chi connectivity index (χ0n) is 14.5. The average molecular weight is 325 g/mol. The molecule has 0 bridgehead atoms. The summed E-state index contributed by atoms with van der Waals surface area (Å²) in [6.45, 7) is 7.94. The molecule has 1 amide bonds. The monoisotopic (exact) mass is 325 g/mol. The minimum atomic E-state index is -0.660. The number of amides is 1. The second kappa shape index (κ2) is 6.56. The van der Waals surface area contributed by atoms with Gasteiger partial charge in [0.2, 0.25) is 6.10 Å². The number of hydrogen-bond acceptors (Lipinski definition) is 3. The fourth-order valence-electron chi connectivity index (χ4n) is 3.01. The molecular weight excluding hydrogens is 302 g/mol. The molecule has 4 nitrogen and oxygen atoms in total. The van der Waals surface area contributed by atoms with Gasteiger partial charge in [0.15, 0.2) is 11.5 Å². The molecule has 0 aromatic heterocycles. The average Bonchev–Trinajstić information content (AvgIpc) is 2.56. The molecule has 0 radical (unpaired) electrons. The summed E-state index contributed by atoms with van der Waals surface area (Å²) in [5.41, 5.74) is 3.46. The van der Waals surface area contributed by atoms with Gasteiger partial charge >= 0.3 is 0 Å². The van der Waals surface area contributed by atoms with E-state index in [1.54, 1.807) is 0 Å². The van der Waals surface area contributed by atoms with Crippen LogP contribution in [0.2, 0.25) is 0 Å². The number of nitrogens with one attached hydrogen (secondary N) is 1. The Labute approximate surface area is 142 Å². The lowest BCUT2D eigenvalue weighted by atomic mass is 9.99. The Morgan fingerprint density at radius 3 is 2.46 bits per heavy atom. The quantitative estimate of drug-likeness (QED) is 0.936. The molecule has 24 heavy (non-hydrogen) atoms. The molecule has 0 saturated heterocycles. The lowest BCUT2D eigenvalue weighted by Crippen LogP contribution is -2.49. The van der Waals surface area contributed by atoms with E-state index < -0.39 is 6.10 Å². The molecule has 0 spiro atoms. The topological polar surface area (TPSA) is 47.6 Å². The van der Waals surface area contributed by atoms with Crippen molar-refractivity contribution in [3.8, 4) is 11.5 Å². The van der Waals surface area contributed by atoms with Crippen LogP contribution in [-0.2, 0) is 4.79 Å². The minimum absolute atomic E-state index is 0.0922. The standard InChI is InChI=1S/C20H23NO3/c1-12-9-10-13(2)16(11-12)14(3)21-20(22)19-15(4)23-17-7-5-6-8-18(17)24-19/h5-11,14-15,19H,1-4H3,(H,21,22)/t14-,15+,19+/m0/s1. The summed E-state index contributed by atoms with van der Waals surface area (Å²) in [5.74, 6) is 1.12. The summed E-state index contributed by atoms with van der Waals surface area (Å²) in [6, 6.07) is 13.6. The second-order valence-electron chi connectivity index (χ2n) is 6.40. The van der Waals surface area contributed by atoms with Crippen molar-refractivity contribution in [3.63, 3.8) is 0 Å². The molecule has 0 saturated carbocycles. The van der Waals surface area contributed by atoms with E-state index in [-0.39, 0.29) is 18.1 Å². The van der Waals surface area contributed by atoms with Gasteiger partial charge in [0.25, 0.3) is 5.91 Å². The first-order valence-electron chi connectivity index (χ1n) is 8.25. The van der Waals surface area contributed by atoms with E-state index in [1.165, 1.54) is 5.56 Å². The van der Waals surface area contributed by atoms with Crippen molar-refractivity contribution < 1.29 is 14.3 Å². The number of hydrogen-bond donors (Lipinski definition) is 1. The molecule has 2 aromatic carbocycles. The third-order valence-corrected chi connectivity index (χ3v) is 4.36. The van der Waals surface area contributed by atoms with Crippen LogP contribution in [0.25, 0.3) is 0 Å². The largest absolute Gasteiger partial charge is 0.482 e. The predicted octanol–water partition coefficient (Wildman–Crippen LogP) is 3.71. The summed E-state index contributed by atoms with van der Waals surface area (Å²) >= 11 is 0. The van der Waals surface area contributed by atoms with Crippen molar-refractivity contribution in [2.45, 2.75) is 45.9 Å². The van der Waals surface area contributed by atoms with Crippen LogP contribution < -0.4 is 14.8 Å². The maximum Gasteiger partial charge on any atom is 0.265 e. The summed E-state index contributed by atoms with van der Waals surface area (Å²) in [4.78, 5) is 12.7. The normalized spacial score (nSPS) is 20.3. The Morgan fingerprint density at radius 2 is 1.75 bits per heavy atom. The van der Waals surface area contributed by atoms with Gasteiger partial charge in [0.05, 0.1) is 6.04 Å². The molecule has 0 unspecified atom stereocenters. The van der Waals surface area contributed by atoms with Crippen LogP contribution in [0.4, 0.5) is 0 Å². The van der Waals surface area contributed by atoms with Crippen molar-refractivity contribution in [1.29, 1.82) is 0 Å². The van der Waals surface area contributed by atoms with Crippen LogP contribution in [0.3, 0.4) is 0 Å². The smallest absolute Gasteiger partial charge is 0.265 e. The molecule has 4 heteroatoms. The molecule has 3 rings (SSSR count). The van der Waals surface area contributed by atoms with Gasteiger partial charge in [0, 0.05) is 0 Å². The van der Waals surface area contributed by atoms with Gasteiger partial charge in [-0.1, -0.05) is 35.9 Å². The van der Waals surface area contributed by atoms with Gasteiger partial charge in [-0.15, -0.1) is 0 Å². The van der Waals surface area contributed by atoms with E-state index in [2.05, 4.69) is 37.4 Å². The first-order valence-corrected chi connectivity index (χ1v) is 8.25. The zero-order valence-corrected chi connectivity index (χ0v) is 14.5. The molecule has 2 aromatic rings. The maximum atomic E-state index is 12.7. The highest BCUT2D eigenvalue weighted by Gasteiger charge is 2.34. The van der Waals surface area contributed by atoms with Crippen molar-refractivity contribution in [1.82, 2.24) is 5.32 Å². The van der Waals surface area contributed by atoms with E-state index in [9.17, 15) is 4.79 Å². The maximum absolute atomic E-state index is 12.7. The lowest BCUT2D eigenvalue weighted by molar-refractivity contribution is -0.134. The predicted molar refractivity (Wildman–Crippen MR) is 93.4 cm³/mol. The Morgan fingerprint density at radius 1 is 1.08 bits per heavy atom. The summed E-state index contributed by atoms with van der Waals surface area (Å²) in [7, 11) is 0. The van der Waals surface area contributed by atoms with Crippen molar-refractivity contribution in [2.75, 3.05) is 0 Å². The molecule has 1 N–H and O–H groups in total. The molecule has 0 aliphatic carbocycles. The SMILES string of the molecule is Cc1ccc(C)c([C@H](C)NC(=O)[C@@H]2Oc3ccccc3O[C@@H]2C)c1. The minimum Gasteiger partial charge on any atom is -0.482 e. The third kappa shape index (κ3) is 3.23. The highest BCUT2D eigenvalue weighted by atomic mass is 16.6. The van der Waals surface area contributed by atoms with Crippen molar-refractivity contribution in [3.05, 3.63) is 59.2 Å². The van der Waals surface area contributed by atoms with E-state index in [4.69, 9.17) is 9.47 Å². The fourth-order valence-corrected chi connectivity index (χ4v) is 3.01. The van der Waals surface area contributed by atoms with Gasteiger partial charge < -0.3 is 14.8 Å². The highest BCUT2D eigenvalue weighted by Crippen LogP contribution is 2.33. The number of para-hydroxylation sites is 2. The van der Waals surface area contributed by atoms with E-state index in [0.29, 0.717) is 11.5 Å². The van der Waals surface area contributed by atoms with Crippen LogP contribution in [0.5, 0.6) is 11.5 Å². The van der Waals surface area contributed by atoms with Crippen LogP contribution in [0.1, 0.15) is 36.6 Å². The first-order chi connectivity index (χ1) is 11.5. The summed E-state index contributed by atoms with van der Waals surface area (Å²) in [6.07, 6.45) is -1.00. The first kappa shape index (κ1) is 16.4. The van der Waals surface area contributed by atoms with Gasteiger partial charge in [-0.3, -0.25) is 4.79 Å². The Hall–Kier alpha value is -2.49. The van der Waals surface area contributed by atoms with Crippen LogP contribution in [0, 0.1) is 13.8 Å². The third-order valence-electron chi connectivity index (χ3n) is 4.36. The zero-order chi connectivity index (χ0) is 17.3. The second-order valence-corrected chi connectivity index (χ2v) is 6.40.